The molecule has 0 aromatic rings. The van der Waals surface area contributed by atoms with Crippen molar-refractivity contribution in [3.05, 3.63) is 0 Å². The zero-order valence-electron chi connectivity index (χ0n) is 10.0. The van der Waals surface area contributed by atoms with Crippen LogP contribution in [0.3, 0.4) is 0 Å². The van der Waals surface area contributed by atoms with Gasteiger partial charge in [0.05, 0.1) is 0 Å². The molecular weight excluding hydrogens is 202 g/mol. The Hall–Kier alpha value is 0.310. The van der Waals surface area contributed by atoms with Crippen LogP contribution in [0.5, 0.6) is 0 Å². The molecule has 2 unspecified atom stereocenters. The van der Waals surface area contributed by atoms with Crippen molar-refractivity contribution < 1.29 is 0 Å². The summed E-state index contributed by atoms with van der Waals surface area (Å²) in [5, 5.41) is 3.58. The molecule has 0 aromatic heterocycles. The molecule has 88 valence electrons. The van der Waals surface area contributed by atoms with Gasteiger partial charge in [-0.3, -0.25) is 0 Å². The van der Waals surface area contributed by atoms with Gasteiger partial charge in [-0.2, -0.15) is 11.8 Å². The van der Waals surface area contributed by atoms with Crippen molar-refractivity contribution >= 4 is 11.8 Å². The summed E-state index contributed by atoms with van der Waals surface area (Å²) in [7, 11) is 2.16. The second-order valence-corrected chi connectivity index (χ2v) is 6.41. The zero-order valence-corrected chi connectivity index (χ0v) is 10.8. The Kier molecular flexibility index (Phi) is 4.83. The van der Waals surface area contributed by atoms with Crippen LogP contribution in [0.2, 0.25) is 0 Å². The van der Waals surface area contributed by atoms with Gasteiger partial charge in [0.25, 0.3) is 0 Å². The van der Waals surface area contributed by atoms with E-state index in [-0.39, 0.29) is 0 Å². The van der Waals surface area contributed by atoms with E-state index in [1.54, 1.807) is 0 Å². The fourth-order valence-electron chi connectivity index (χ4n) is 3.20. The summed E-state index contributed by atoms with van der Waals surface area (Å²) in [6.45, 7) is 0. The summed E-state index contributed by atoms with van der Waals surface area (Å²) in [4.78, 5) is 0. The predicted molar refractivity (Wildman–Crippen MR) is 69.5 cm³/mol. The maximum atomic E-state index is 3.58. The first kappa shape index (κ1) is 11.8. The minimum absolute atomic E-state index is 0.808. The standard InChI is InChI=1S/C13H25NS/c1-14-13(12-7-8-15-10-12)9-11-5-3-2-4-6-11/h11-14H,2-10H2,1H3. The molecule has 2 heteroatoms. The van der Waals surface area contributed by atoms with Crippen molar-refractivity contribution in [2.75, 3.05) is 18.6 Å². The average Bonchev–Trinajstić information content (AvgIpc) is 2.81. The van der Waals surface area contributed by atoms with Crippen LogP contribution in [0.25, 0.3) is 0 Å². The summed E-state index contributed by atoms with van der Waals surface area (Å²) in [6.07, 6.45) is 10.3. The quantitative estimate of drug-likeness (QED) is 0.791. The topological polar surface area (TPSA) is 12.0 Å². The van der Waals surface area contributed by atoms with Gasteiger partial charge in [-0.1, -0.05) is 32.1 Å². The van der Waals surface area contributed by atoms with Crippen LogP contribution in [0, 0.1) is 11.8 Å². The number of rotatable bonds is 4. The van der Waals surface area contributed by atoms with E-state index in [0.717, 1.165) is 17.9 Å². The molecule has 15 heavy (non-hydrogen) atoms. The van der Waals surface area contributed by atoms with Crippen LogP contribution >= 0.6 is 11.8 Å². The van der Waals surface area contributed by atoms with Crippen LogP contribution in [-0.2, 0) is 0 Å². The molecule has 0 amide bonds. The fourth-order valence-corrected chi connectivity index (χ4v) is 4.54. The van der Waals surface area contributed by atoms with Crippen molar-refractivity contribution in [2.24, 2.45) is 11.8 Å². The van der Waals surface area contributed by atoms with Gasteiger partial charge in [-0.25, -0.2) is 0 Å². The van der Waals surface area contributed by atoms with E-state index in [9.17, 15) is 0 Å². The maximum absolute atomic E-state index is 3.58. The third kappa shape index (κ3) is 3.39. The molecule has 1 N–H and O–H groups in total. The molecule has 1 aliphatic carbocycles. The second-order valence-electron chi connectivity index (χ2n) is 5.26. The van der Waals surface area contributed by atoms with E-state index in [2.05, 4.69) is 24.1 Å². The first-order valence-electron chi connectivity index (χ1n) is 6.65. The molecule has 0 aromatic carbocycles. The van der Waals surface area contributed by atoms with E-state index in [1.165, 1.54) is 56.5 Å². The molecule has 2 aliphatic rings. The molecule has 0 radical (unpaired) electrons. The van der Waals surface area contributed by atoms with Crippen LogP contribution in [0.4, 0.5) is 0 Å². The molecule has 1 heterocycles. The second kappa shape index (κ2) is 6.15. The van der Waals surface area contributed by atoms with Crippen LogP contribution in [0.15, 0.2) is 0 Å². The fraction of sp³-hybridized carbons (Fsp3) is 1.00. The summed E-state index contributed by atoms with van der Waals surface area (Å²) < 4.78 is 0. The van der Waals surface area contributed by atoms with Gasteiger partial charge in [0.1, 0.15) is 0 Å². The molecule has 2 rings (SSSR count). The van der Waals surface area contributed by atoms with Crippen LogP contribution in [-0.4, -0.2) is 24.6 Å². The highest BCUT2D eigenvalue weighted by Gasteiger charge is 2.27. The lowest BCUT2D eigenvalue weighted by atomic mass is 9.81. The summed E-state index contributed by atoms with van der Waals surface area (Å²) in [5.74, 6) is 4.79. The number of hydrogen-bond acceptors (Lipinski definition) is 2. The van der Waals surface area contributed by atoms with Gasteiger partial charge in [0, 0.05) is 6.04 Å². The third-order valence-electron chi connectivity index (χ3n) is 4.22. The maximum Gasteiger partial charge on any atom is 0.0103 e. The highest BCUT2D eigenvalue weighted by atomic mass is 32.2. The summed E-state index contributed by atoms with van der Waals surface area (Å²) in [6, 6.07) is 0.808. The first-order chi connectivity index (χ1) is 7.40. The van der Waals surface area contributed by atoms with Gasteiger partial charge >= 0.3 is 0 Å². The molecule has 1 nitrogen and oxygen atoms in total. The van der Waals surface area contributed by atoms with Crippen molar-refractivity contribution in [1.82, 2.24) is 5.32 Å². The Morgan fingerprint density at radius 1 is 1.20 bits per heavy atom. The molecule has 2 atom stereocenters. The molecule has 2 fully saturated rings. The average molecular weight is 227 g/mol. The third-order valence-corrected chi connectivity index (χ3v) is 5.40. The molecule has 1 saturated heterocycles. The minimum atomic E-state index is 0.808. The van der Waals surface area contributed by atoms with E-state index in [4.69, 9.17) is 0 Å². The van der Waals surface area contributed by atoms with Crippen molar-refractivity contribution in [3.63, 3.8) is 0 Å². The Morgan fingerprint density at radius 2 is 2.00 bits per heavy atom. The highest BCUT2D eigenvalue weighted by Crippen LogP contribution is 2.33. The largest absolute Gasteiger partial charge is 0.317 e. The van der Waals surface area contributed by atoms with Gasteiger partial charge < -0.3 is 5.32 Å². The Balaban J connectivity index is 1.78. The molecular formula is C13H25NS. The monoisotopic (exact) mass is 227 g/mol. The van der Waals surface area contributed by atoms with Gasteiger partial charge in [-0.15, -0.1) is 0 Å². The van der Waals surface area contributed by atoms with Crippen LogP contribution < -0.4 is 5.32 Å². The summed E-state index contributed by atoms with van der Waals surface area (Å²) in [5.41, 5.74) is 0. The summed E-state index contributed by atoms with van der Waals surface area (Å²) >= 11 is 2.15. The first-order valence-corrected chi connectivity index (χ1v) is 7.80. The van der Waals surface area contributed by atoms with Crippen molar-refractivity contribution in [1.29, 1.82) is 0 Å². The van der Waals surface area contributed by atoms with Gasteiger partial charge in [0.15, 0.2) is 0 Å². The smallest absolute Gasteiger partial charge is 0.0103 e. The van der Waals surface area contributed by atoms with Crippen molar-refractivity contribution in [2.45, 2.75) is 51.0 Å². The lowest BCUT2D eigenvalue weighted by Gasteiger charge is -2.29. The van der Waals surface area contributed by atoms with Crippen molar-refractivity contribution in [3.8, 4) is 0 Å². The van der Waals surface area contributed by atoms with Crippen LogP contribution in [0.1, 0.15) is 44.9 Å². The van der Waals surface area contributed by atoms with E-state index >= 15 is 0 Å². The Morgan fingerprint density at radius 3 is 2.60 bits per heavy atom. The lowest BCUT2D eigenvalue weighted by molar-refractivity contribution is 0.268. The van der Waals surface area contributed by atoms with E-state index in [0.29, 0.717) is 0 Å². The minimum Gasteiger partial charge on any atom is -0.317 e. The predicted octanol–water partition coefficient (Wildman–Crippen LogP) is 3.30. The lowest BCUT2D eigenvalue weighted by Crippen LogP contribution is -2.35. The Labute approximate surface area is 98.8 Å². The number of hydrogen-bond donors (Lipinski definition) is 1. The highest BCUT2D eigenvalue weighted by molar-refractivity contribution is 7.99. The van der Waals surface area contributed by atoms with Gasteiger partial charge in [0.2, 0.25) is 0 Å². The van der Waals surface area contributed by atoms with E-state index in [1.807, 2.05) is 0 Å². The number of nitrogens with one attached hydrogen (secondary N) is 1. The number of thioether (sulfide) groups is 1. The Bertz CT molecular complexity index is 171. The molecule has 1 aliphatic heterocycles. The van der Waals surface area contributed by atoms with Gasteiger partial charge in [-0.05, 0) is 43.2 Å². The zero-order chi connectivity index (χ0) is 10.5. The molecule has 1 saturated carbocycles. The molecule has 0 bridgehead atoms. The SMILES string of the molecule is CNC(CC1CCCCC1)C1CCSC1. The normalized spacial score (nSPS) is 30.6. The molecule has 0 spiro atoms. The van der Waals surface area contributed by atoms with E-state index < -0.39 is 0 Å².